The lowest BCUT2D eigenvalue weighted by Crippen LogP contribution is -2.05. The summed E-state index contributed by atoms with van der Waals surface area (Å²) in [5.74, 6) is 3.63. The highest BCUT2D eigenvalue weighted by atomic mass is 16.5. The van der Waals surface area contributed by atoms with E-state index in [0.29, 0.717) is 0 Å². The Bertz CT molecular complexity index is 806. The van der Waals surface area contributed by atoms with Crippen LogP contribution in [0.15, 0.2) is 48.5 Å². The molecule has 0 spiro atoms. The van der Waals surface area contributed by atoms with Gasteiger partial charge in [-0.25, -0.2) is 0 Å². The summed E-state index contributed by atoms with van der Waals surface area (Å²) in [7, 11) is 3.32. The topological polar surface area (TPSA) is 49.2 Å². The minimum absolute atomic E-state index is 0.256. The van der Waals surface area contributed by atoms with Crippen LogP contribution in [0.25, 0.3) is 17.1 Å². The van der Waals surface area contributed by atoms with Gasteiger partial charge in [0.05, 0.1) is 14.2 Å². The van der Waals surface area contributed by atoms with E-state index in [0.717, 1.165) is 34.4 Å². The quantitative estimate of drug-likeness (QED) is 0.710. The molecule has 0 aliphatic heterocycles. The van der Waals surface area contributed by atoms with Crippen molar-refractivity contribution in [3.8, 4) is 28.6 Å². The first-order valence-electron chi connectivity index (χ1n) is 7.88. The third-order valence-corrected chi connectivity index (χ3v) is 3.88. The zero-order valence-electron chi connectivity index (χ0n) is 14.4. The van der Waals surface area contributed by atoms with E-state index in [1.807, 2.05) is 48.5 Å². The SMILES string of the molecule is COc1ccc(-c2nnc(C(C)C)n2-c2ccc(OC)cc2)cc1. The third kappa shape index (κ3) is 2.97. The molecule has 0 radical (unpaired) electrons. The molecule has 3 rings (SSSR count). The van der Waals surface area contributed by atoms with Gasteiger partial charge in [-0.15, -0.1) is 10.2 Å². The molecule has 124 valence electrons. The summed E-state index contributed by atoms with van der Waals surface area (Å²) in [5, 5.41) is 8.83. The summed E-state index contributed by atoms with van der Waals surface area (Å²) in [6.07, 6.45) is 0. The van der Waals surface area contributed by atoms with Crippen molar-refractivity contribution in [2.24, 2.45) is 0 Å². The molecular formula is C19H21N3O2. The van der Waals surface area contributed by atoms with Gasteiger partial charge in [0, 0.05) is 17.2 Å². The zero-order chi connectivity index (χ0) is 17.1. The molecule has 1 aromatic heterocycles. The van der Waals surface area contributed by atoms with Crippen LogP contribution in [0.5, 0.6) is 11.5 Å². The Hall–Kier alpha value is -2.82. The molecule has 1 heterocycles. The fourth-order valence-electron chi connectivity index (χ4n) is 2.58. The van der Waals surface area contributed by atoms with Crippen molar-refractivity contribution in [2.45, 2.75) is 19.8 Å². The molecule has 0 N–H and O–H groups in total. The van der Waals surface area contributed by atoms with E-state index in [1.165, 1.54) is 0 Å². The molecule has 24 heavy (non-hydrogen) atoms. The van der Waals surface area contributed by atoms with Crippen LogP contribution in [0.4, 0.5) is 0 Å². The van der Waals surface area contributed by atoms with Crippen molar-refractivity contribution in [1.29, 1.82) is 0 Å². The smallest absolute Gasteiger partial charge is 0.168 e. The highest BCUT2D eigenvalue weighted by molar-refractivity contribution is 5.60. The predicted molar refractivity (Wildman–Crippen MR) is 94.0 cm³/mol. The lowest BCUT2D eigenvalue weighted by Gasteiger charge is -2.13. The fraction of sp³-hybridized carbons (Fsp3) is 0.263. The van der Waals surface area contributed by atoms with Crippen molar-refractivity contribution < 1.29 is 9.47 Å². The van der Waals surface area contributed by atoms with Crippen molar-refractivity contribution in [3.05, 3.63) is 54.4 Å². The maximum absolute atomic E-state index is 5.25. The van der Waals surface area contributed by atoms with Crippen LogP contribution in [-0.4, -0.2) is 29.0 Å². The van der Waals surface area contributed by atoms with E-state index in [2.05, 4.69) is 28.6 Å². The molecular weight excluding hydrogens is 302 g/mol. The lowest BCUT2D eigenvalue weighted by molar-refractivity contribution is 0.414. The number of nitrogens with zero attached hydrogens (tertiary/aromatic N) is 3. The van der Waals surface area contributed by atoms with E-state index < -0.39 is 0 Å². The Morgan fingerprint density at radius 3 is 1.83 bits per heavy atom. The second kappa shape index (κ2) is 6.74. The molecule has 0 atom stereocenters. The van der Waals surface area contributed by atoms with Gasteiger partial charge < -0.3 is 9.47 Å². The number of hydrogen-bond acceptors (Lipinski definition) is 4. The summed E-state index contributed by atoms with van der Waals surface area (Å²) >= 11 is 0. The number of hydrogen-bond donors (Lipinski definition) is 0. The molecule has 0 amide bonds. The first-order chi connectivity index (χ1) is 11.6. The molecule has 5 nitrogen and oxygen atoms in total. The van der Waals surface area contributed by atoms with Gasteiger partial charge in [-0.05, 0) is 48.5 Å². The monoisotopic (exact) mass is 323 g/mol. The summed E-state index contributed by atoms with van der Waals surface area (Å²) in [6.45, 7) is 4.23. The average molecular weight is 323 g/mol. The summed E-state index contributed by atoms with van der Waals surface area (Å²) in [6, 6.07) is 15.8. The summed E-state index contributed by atoms with van der Waals surface area (Å²) in [5.41, 5.74) is 2.00. The van der Waals surface area contributed by atoms with Crippen molar-refractivity contribution in [3.63, 3.8) is 0 Å². The standard InChI is InChI=1S/C19H21N3O2/c1-13(2)18-20-21-19(14-5-9-16(23-3)10-6-14)22(18)15-7-11-17(24-4)12-8-15/h5-13H,1-4H3. The average Bonchev–Trinajstić information content (AvgIpc) is 3.07. The highest BCUT2D eigenvalue weighted by Crippen LogP contribution is 2.28. The number of methoxy groups -OCH3 is 2. The van der Waals surface area contributed by atoms with Crippen molar-refractivity contribution in [1.82, 2.24) is 14.8 Å². The molecule has 0 bridgehead atoms. The highest BCUT2D eigenvalue weighted by Gasteiger charge is 2.18. The van der Waals surface area contributed by atoms with Crippen LogP contribution in [0.1, 0.15) is 25.6 Å². The minimum atomic E-state index is 0.256. The van der Waals surface area contributed by atoms with Gasteiger partial charge in [0.15, 0.2) is 5.82 Å². The van der Waals surface area contributed by atoms with Crippen molar-refractivity contribution >= 4 is 0 Å². The van der Waals surface area contributed by atoms with Gasteiger partial charge in [0.1, 0.15) is 17.3 Å². The normalized spacial score (nSPS) is 10.9. The van der Waals surface area contributed by atoms with Crippen LogP contribution in [0.3, 0.4) is 0 Å². The van der Waals surface area contributed by atoms with Crippen LogP contribution < -0.4 is 9.47 Å². The maximum Gasteiger partial charge on any atom is 0.168 e. The number of ether oxygens (including phenoxy) is 2. The van der Waals surface area contributed by atoms with E-state index in [-0.39, 0.29) is 5.92 Å². The van der Waals surface area contributed by atoms with E-state index in [1.54, 1.807) is 14.2 Å². The molecule has 0 saturated heterocycles. The molecule has 0 fully saturated rings. The second-order valence-electron chi connectivity index (χ2n) is 5.80. The Morgan fingerprint density at radius 1 is 0.792 bits per heavy atom. The maximum atomic E-state index is 5.25. The summed E-state index contributed by atoms with van der Waals surface area (Å²) in [4.78, 5) is 0. The fourth-order valence-corrected chi connectivity index (χ4v) is 2.58. The van der Waals surface area contributed by atoms with Gasteiger partial charge in [-0.2, -0.15) is 0 Å². The second-order valence-corrected chi connectivity index (χ2v) is 5.80. The molecule has 0 saturated carbocycles. The molecule has 0 unspecified atom stereocenters. The van der Waals surface area contributed by atoms with Crippen LogP contribution in [-0.2, 0) is 0 Å². The van der Waals surface area contributed by atoms with E-state index >= 15 is 0 Å². The zero-order valence-corrected chi connectivity index (χ0v) is 14.4. The Morgan fingerprint density at radius 2 is 1.33 bits per heavy atom. The largest absolute Gasteiger partial charge is 0.497 e. The molecule has 0 aliphatic rings. The third-order valence-electron chi connectivity index (χ3n) is 3.88. The Labute approximate surface area is 141 Å². The van der Waals surface area contributed by atoms with Crippen molar-refractivity contribution in [2.75, 3.05) is 14.2 Å². The van der Waals surface area contributed by atoms with E-state index in [9.17, 15) is 0 Å². The molecule has 0 aliphatic carbocycles. The van der Waals surface area contributed by atoms with Gasteiger partial charge in [-0.3, -0.25) is 4.57 Å². The molecule has 3 aromatic rings. The van der Waals surface area contributed by atoms with E-state index in [4.69, 9.17) is 9.47 Å². The number of rotatable bonds is 5. The predicted octanol–water partition coefficient (Wildman–Crippen LogP) is 4.07. The Balaban J connectivity index is 2.12. The van der Waals surface area contributed by atoms with Gasteiger partial charge in [-0.1, -0.05) is 13.8 Å². The minimum Gasteiger partial charge on any atom is -0.497 e. The van der Waals surface area contributed by atoms with Gasteiger partial charge >= 0.3 is 0 Å². The summed E-state index contributed by atoms with van der Waals surface area (Å²) < 4.78 is 12.6. The first kappa shape index (κ1) is 16.1. The molecule has 5 heteroatoms. The first-order valence-corrected chi connectivity index (χ1v) is 7.88. The lowest BCUT2D eigenvalue weighted by atomic mass is 10.1. The molecule has 2 aromatic carbocycles. The van der Waals surface area contributed by atoms with Crippen LogP contribution >= 0.6 is 0 Å². The van der Waals surface area contributed by atoms with Crippen LogP contribution in [0, 0.1) is 0 Å². The number of aromatic nitrogens is 3. The Kier molecular flexibility index (Phi) is 4.51. The number of benzene rings is 2. The van der Waals surface area contributed by atoms with Gasteiger partial charge in [0.25, 0.3) is 0 Å². The van der Waals surface area contributed by atoms with Crippen LogP contribution in [0.2, 0.25) is 0 Å². The van der Waals surface area contributed by atoms with Gasteiger partial charge in [0.2, 0.25) is 0 Å².